The van der Waals surface area contributed by atoms with Crippen LogP contribution in [-0.2, 0) is 6.54 Å². The van der Waals surface area contributed by atoms with Crippen molar-refractivity contribution in [3.05, 3.63) is 34.3 Å². The third-order valence-electron chi connectivity index (χ3n) is 3.92. The van der Waals surface area contributed by atoms with Crippen molar-refractivity contribution in [1.29, 1.82) is 0 Å². The van der Waals surface area contributed by atoms with Gasteiger partial charge in [0.05, 0.1) is 6.61 Å². The van der Waals surface area contributed by atoms with Crippen LogP contribution in [0.4, 0.5) is 0 Å². The van der Waals surface area contributed by atoms with E-state index in [0.717, 1.165) is 30.6 Å². The number of halogens is 1. The summed E-state index contributed by atoms with van der Waals surface area (Å²) < 4.78 is 0. The summed E-state index contributed by atoms with van der Waals surface area (Å²) >= 11 is 11.3. The largest absolute Gasteiger partial charge is 0.395 e. The fourth-order valence-corrected chi connectivity index (χ4v) is 3.07. The maximum atomic E-state index is 9.54. The van der Waals surface area contributed by atoms with Crippen LogP contribution in [0.1, 0.15) is 36.8 Å². The Morgan fingerprint density at radius 1 is 1.40 bits per heavy atom. The molecule has 1 saturated heterocycles. The van der Waals surface area contributed by atoms with E-state index in [0.29, 0.717) is 10.0 Å². The average Bonchev–Trinajstić information content (AvgIpc) is 2.65. The second-order valence-electron chi connectivity index (χ2n) is 5.33. The predicted octanol–water partition coefficient (Wildman–Crippen LogP) is 2.71. The van der Waals surface area contributed by atoms with Crippen molar-refractivity contribution in [3.63, 3.8) is 0 Å². The number of aliphatic hydroxyl groups excluding tert-OH is 1. The molecule has 1 heterocycles. The first-order valence-corrected chi connectivity index (χ1v) is 7.83. The van der Waals surface area contributed by atoms with Crippen molar-refractivity contribution < 1.29 is 5.11 Å². The van der Waals surface area contributed by atoms with E-state index in [1.54, 1.807) is 0 Å². The van der Waals surface area contributed by atoms with Gasteiger partial charge in [-0.05, 0) is 31.0 Å². The Balaban J connectivity index is 2.13. The number of hydrogen-bond acceptors (Lipinski definition) is 3. The maximum absolute atomic E-state index is 9.54. The topological polar surface area (TPSA) is 49.5 Å². The molecule has 2 rings (SSSR count). The van der Waals surface area contributed by atoms with Crippen molar-refractivity contribution in [1.82, 2.24) is 4.90 Å². The molecule has 0 bridgehead atoms. The first kappa shape index (κ1) is 15.7. The summed E-state index contributed by atoms with van der Waals surface area (Å²) in [5.41, 5.74) is 7.47. The lowest BCUT2D eigenvalue weighted by Crippen LogP contribution is -2.37. The van der Waals surface area contributed by atoms with E-state index in [9.17, 15) is 5.11 Å². The highest BCUT2D eigenvalue weighted by molar-refractivity contribution is 7.80. The number of hydrogen-bond donors (Lipinski definition) is 2. The van der Waals surface area contributed by atoms with E-state index in [-0.39, 0.29) is 12.6 Å². The summed E-state index contributed by atoms with van der Waals surface area (Å²) in [6, 6.07) is 5.96. The molecule has 0 saturated carbocycles. The molecule has 1 aromatic rings. The molecule has 3 nitrogen and oxygen atoms in total. The van der Waals surface area contributed by atoms with Crippen molar-refractivity contribution in [2.75, 3.05) is 13.2 Å². The van der Waals surface area contributed by atoms with Crippen LogP contribution in [0.5, 0.6) is 0 Å². The Kier molecular flexibility index (Phi) is 5.78. The van der Waals surface area contributed by atoms with Crippen LogP contribution in [0.3, 0.4) is 0 Å². The summed E-state index contributed by atoms with van der Waals surface area (Å²) in [6.07, 6.45) is 4.66. The monoisotopic (exact) mass is 312 g/mol. The summed E-state index contributed by atoms with van der Waals surface area (Å²) in [6.45, 7) is 1.99. The van der Waals surface area contributed by atoms with Crippen molar-refractivity contribution >= 4 is 28.8 Å². The minimum atomic E-state index is 0.211. The lowest BCUT2D eigenvalue weighted by molar-refractivity contribution is 0.118. The molecule has 1 aliphatic heterocycles. The van der Waals surface area contributed by atoms with E-state index in [4.69, 9.17) is 29.6 Å². The van der Waals surface area contributed by atoms with Gasteiger partial charge in [-0.3, -0.25) is 4.90 Å². The van der Waals surface area contributed by atoms with Gasteiger partial charge < -0.3 is 10.8 Å². The number of nitrogens with two attached hydrogens (primary N) is 1. The average molecular weight is 313 g/mol. The third-order valence-corrected chi connectivity index (χ3v) is 4.51. The van der Waals surface area contributed by atoms with Gasteiger partial charge in [0.25, 0.3) is 0 Å². The Morgan fingerprint density at radius 3 is 2.85 bits per heavy atom. The number of nitrogens with zero attached hydrogens (tertiary/aromatic N) is 1. The quantitative estimate of drug-likeness (QED) is 0.839. The van der Waals surface area contributed by atoms with E-state index >= 15 is 0 Å². The zero-order chi connectivity index (χ0) is 14.5. The number of benzene rings is 1. The van der Waals surface area contributed by atoms with Crippen LogP contribution in [0.25, 0.3) is 0 Å². The second-order valence-corrected chi connectivity index (χ2v) is 6.17. The molecule has 0 aliphatic carbocycles. The van der Waals surface area contributed by atoms with Crippen LogP contribution in [-0.4, -0.2) is 34.2 Å². The van der Waals surface area contributed by atoms with Gasteiger partial charge in [0.1, 0.15) is 4.99 Å². The minimum Gasteiger partial charge on any atom is -0.395 e. The molecule has 1 fully saturated rings. The van der Waals surface area contributed by atoms with Crippen molar-refractivity contribution in [2.24, 2.45) is 5.73 Å². The highest BCUT2D eigenvalue weighted by atomic mass is 35.5. The van der Waals surface area contributed by atoms with Crippen LogP contribution < -0.4 is 5.73 Å². The maximum Gasteiger partial charge on any atom is 0.104 e. The fourth-order valence-electron chi connectivity index (χ4n) is 2.70. The predicted molar refractivity (Wildman–Crippen MR) is 87.1 cm³/mol. The molecule has 1 atom stereocenters. The molecule has 5 heteroatoms. The molecule has 1 aromatic carbocycles. The Labute approximate surface area is 130 Å². The van der Waals surface area contributed by atoms with Gasteiger partial charge in [-0.15, -0.1) is 0 Å². The summed E-state index contributed by atoms with van der Waals surface area (Å²) in [4.78, 5) is 2.69. The number of aliphatic hydroxyl groups is 1. The molecule has 110 valence electrons. The van der Waals surface area contributed by atoms with Crippen LogP contribution in [0.2, 0.25) is 5.02 Å². The van der Waals surface area contributed by atoms with E-state index in [2.05, 4.69) is 4.90 Å². The van der Waals surface area contributed by atoms with E-state index < -0.39 is 0 Å². The minimum absolute atomic E-state index is 0.211. The highest BCUT2D eigenvalue weighted by Crippen LogP contribution is 2.24. The summed E-state index contributed by atoms with van der Waals surface area (Å²) in [5, 5.41) is 10.2. The molecule has 1 unspecified atom stereocenters. The normalized spacial score (nSPS) is 20.6. The smallest absolute Gasteiger partial charge is 0.104 e. The Hall–Kier alpha value is -0.680. The lowest BCUT2D eigenvalue weighted by atomic mass is 10.1. The first-order chi connectivity index (χ1) is 9.61. The molecule has 0 spiro atoms. The second kappa shape index (κ2) is 7.36. The van der Waals surface area contributed by atoms with E-state index in [1.807, 2.05) is 18.2 Å². The lowest BCUT2D eigenvalue weighted by Gasteiger charge is -2.28. The van der Waals surface area contributed by atoms with Crippen molar-refractivity contribution in [2.45, 2.75) is 38.3 Å². The molecule has 1 aliphatic rings. The Morgan fingerprint density at radius 2 is 2.20 bits per heavy atom. The SMILES string of the molecule is NC(=S)c1ccc(CN2CCCCCC2CO)c(Cl)c1. The molecule has 0 radical (unpaired) electrons. The van der Waals surface area contributed by atoms with Gasteiger partial charge in [0.15, 0.2) is 0 Å². The van der Waals surface area contributed by atoms with Crippen LogP contribution in [0.15, 0.2) is 18.2 Å². The van der Waals surface area contributed by atoms with Gasteiger partial charge in [-0.1, -0.05) is 48.8 Å². The third kappa shape index (κ3) is 3.92. The zero-order valence-electron chi connectivity index (χ0n) is 11.5. The molecular formula is C15H21ClN2OS. The summed E-state index contributed by atoms with van der Waals surface area (Å²) in [7, 11) is 0. The number of rotatable bonds is 4. The Bertz CT molecular complexity index is 481. The van der Waals surface area contributed by atoms with Crippen molar-refractivity contribution in [3.8, 4) is 0 Å². The van der Waals surface area contributed by atoms with Gasteiger partial charge in [0, 0.05) is 23.2 Å². The first-order valence-electron chi connectivity index (χ1n) is 7.05. The molecule has 0 aromatic heterocycles. The van der Waals surface area contributed by atoms with Crippen LogP contribution in [0, 0.1) is 0 Å². The standard InChI is InChI=1S/C15H21ClN2OS/c16-14-8-11(15(17)20)5-6-12(14)9-18-7-3-1-2-4-13(18)10-19/h5-6,8,13,19H,1-4,7,9-10H2,(H2,17,20). The van der Waals surface area contributed by atoms with Gasteiger partial charge in [-0.25, -0.2) is 0 Å². The van der Waals surface area contributed by atoms with E-state index in [1.165, 1.54) is 19.3 Å². The number of thiocarbonyl (C=S) groups is 1. The van der Waals surface area contributed by atoms with Gasteiger partial charge in [0.2, 0.25) is 0 Å². The van der Waals surface area contributed by atoms with Gasteiger partial charge in [-0.2, -0.15) is 0 Å². The van der Waals surface area contributed by atoms with Crippen LogP contribution >= 0.6 is 23.8 Å². The highest BCUT2D eigenvalue weighted by Gasteiger charge is 2.21. The van der Waals surface area contributed by atoms with Gasteiger partial charge >= 0.3 is 0 Å². The summed E-state index contributed by atoms with van der Waals surface area (Å²) in [5.74, 6) is 0. The number of likely N-dealkylation sites (tertiary alicyclic amines) is 1. The molecule has 3 N–H and O–H groups in total. The fraction of sp³-hybridized carbons (Fsp3) is 0.533. The molecular weight excluding hydrogens is 292 g/mol. The molecule has 0 amide bonds. The zero-order valence-corrected chi connectivity index (χ0v) is 13.1. The molecule has 20 heavy (non-hydrogen) atoms.